The Morgan fingerprint density at radius 2 is 1.58 bits per heavy atom. The highest BCUT2D eigenvalue weighted by atomic mass is 16.7. The quantitative estimate of drug-likeness (QED) is 0.235. The van der Waals surface area contributed by atoms with Crippen LogP contribution in [0.2, 0.25) is 0 Å². The zero-order valence-corrected chi connectivity index (χ0v) is 13.0. The Morgan fingerprint density at radius 3 is 2.08 bits per heavy atom. The Labute approximate surface area is 137 Å². The largest absolute Gasteiger partial charge is 0.394 e. The molecule has 0 radical (unpaired) electrons. The van der Waals surface area contributed by atoms with Crippen molar-refractivity contribution in [3.8, 4) is 0 Å². The van der Waals surface area contributed by atoms with Crippen molar-refractivity contribution in [1.29, 1.82) is 0 Å². The summed E-state index contributed by atoms with van der Waals surface area (Å²) < 4.78 is 15.5. The lowest BCUT2D eigenvalue weighted by Gasteiger charge is -2.41. The van der Waals surface area contributed by atoms with Crippen LogP contribution in [0.4, 0.5) is 0 Å². The average Bonchev–Trinajstić information content (AvgIpc) is 2.75. The van der Waals surface area contributed by atoms with Crippen LogP contribution in [0.3, 0.4) is 0 Å². The molecular formula is C13H24O11. The fourth-order valence-corrected chi connectivity index (χ4v) is 2.86. The van der Waals surface area contributed by atoms with Gasteiger partial charge >= 0.3 is 0 Å². The second kappa shape index (κ2) is 7.05. The second-order valence-electron chi connectivity index (χ2n) is 6.19. The molecule has 0 spiro atoms. The smallest absolute Gasteiger partial charge is 0.224 e. The molecule has 2 rings (SSSR count). The van der Waals surface area contributed by atoms with E-state index in [4.69, 9.17) is 19.3 Å². The minimum atomic E-state index is -2.13. The molecule has 2 heterocycles. The molecule has 0 saturated carbocycles. The number of hydrogen-bond acceptors (Lipinski definition) is 11. The van der Waals surface area contributed by atoms with Gasteiger partial charge < -0.3 is 55.1 Å². The molecule has 9 atom stereocenters. The van der Waals surface area contributed by atoms with Crippen molar-refractivity contribution >= 4 is 0 Å². The van der Waals surface area contributed by atoms with Gasteiger partial charge in [0.25, 0.3) is 0 Å². The van der Waals surface area contributed by atoms with E-state index >= 15 is 0 Å². The molecule has 0 aromatic heterocycles. The first-order valence-electron chi connectivity index (χ1n) is 7.43. The highest BCUT2D eigenvalue weighted by Crippen LogP contribution is 2.41. The van der Waals surface area contributed by atoms with Gasteiger partial charge in [0.2, 0.25) is 5.79 Å². The Bertz CT molecular complexity index is 432. The molecule has 11 nitrogen and oxygen atoms in total. The van der Waals surface area contributed by atoms with Gasteiger partial charge in [-0.3, -0.25) is 0 Å². The van der Waals surface area contributed by atoms with Crippen LogP contribution in [-0.4, -0.2) is 115 Å². The normalized spacial score (nSPS) is 52.6. The third-order valence-electron chi connectivity index (χ3n) is 4.60. The molecule has 2 saturated heterocycles. The van der Waals surface area contributed by atoms with Crippen LogP contribution in [0.15, 0.2) is 0 Å². The van der Waals surface area contributed by atoms with E-state index in [9.17, 15) is 35.7 Å². The molecule has 2 aliphatic rings. The van der Waals surface area contributed by atoms with E-state index in [1.165, 1.54) is 0 Å². The lowest BCUT2D eigenvalue weighted by molar-refractivity contribution is -0.334. The fraction of sp³-hybridized carbons (Fsp3) is 1.00. The van der Waals surface area contributed by atoms with E-state index in [1.54, 1.807) is 0 Å². The summed E-state index contributed by atoms with van der Waals surface area (Å²) in [6.07, 6.45) is -10.9. The number of aliphatic hydroxyl groups is 8. The van der Waals surface area contributed by atoms with Crippen LogP contribution in [0.5, 0.6) is 0 Å². The van der Waals surface area contributed by atoms with Crippen LogP contribution in [0.1, 0.15) is 6.92 Å². The molecular weight excluding hydrogens is 332 g/mol. The molecule has 0 amide bonds. The Morgan fingerprint density at radius 1 is 0.958 bits per heavy atom. The molecule has 8 unspecified atom stereocenters. The summed E-state index contributed by atoms with van der Waals surface area (Å²) in [4.78, 5) is 0. The molecule has 8 N–H and O–H groups in total. The summed E-state index contributed by atoms with van der Waals surface area (Å²) in [6.45, 7) is -0.975. The second-order valence-corrected chi connectivity index (χ2v) is 6.19. The summed E-state index contributed by atoms with van der Waals surface area (Å²) in [5.41, 5.74) is -2.11. The molecule has 2 fully saturated rings. The number of ether oxygens (including phenoxy) is 3. The number of aliphatic hydroxyl groups excluding tert-OH is 7. The molecule has 0 aromatic rings. The average molecular weight is 356 g/mol. The first-order valence-corrected chi connectivity index (χ1v) is 7.43. The molecule has 2 aliphatic heterocycles. The first kappa shape index (κ1) is 19.9. The summed E-state index contributed by atoms with van der Waals surface area (Å²) in [6, 6.07) is 0. The minimum absolute atomic E-state index is 0.566. The third kappa shape index (κ3) is 3.06. The van der Waals surface area contributed by atoms with Crippen molar-refractivity contribution in [3.05, 3.63) is 0 Å². The van der Waals surface area contributed by atoms with Crippen LogP contribution < -0.4 is 0 Å². The SMILES string of the molecule is C[C@]1(O)C(O)C(CO)OC1(CO)OCC1OC(O)C(O)C(O)C1O. The highest BCUT2D eigenvalue weighted by Gasteiger charge is 2.63. The van der Waals surface area contributed by atoms with E-state index in [-0.39, 0.29) is 0 Å². The molecule has 142 valence electrons. The zero-order chi connectivity index (χ0) is 18.3. The van der Waals surface area contributed by atoms with Gasteiger partial charge in [0.15, 0.2) is 6.29 Å². The monoisotopic (exact) mass is 356 g/mol. The lowest BCUT2D eigenvalue weighted by Crippen LogP contribution is -2.62. The maximum Gasteiger partial charge on any atom is 0.224 e. The summed E-state index contributed by atoms with van der Waals surface area (Å²) >= 11 is 0. The topological polar surface area (TPSA) is 190 Å². The van der Waals surface area contributed by atoms with Crippen LogP contribution in [-0.2, 0) is 14.2 Å². The predicted octanol–water partition coefficient (Wildman–Crippen LogP) is -5.01. The predicted molar refractivity (Wildman–Crippen MR) is 73.3 cm³/mol. The lowest BCUT2D eigenvalue weighted by atomic mass is 9.90. The van der Waals surface area contributed by atoms with Gasteiger partial charge in [-0.05, 0) is 6.92 Å². The Balaban J connectivity index is 2.11. The van der Waals surface area contributed by atoms with Crippen LogP contribution in [0, 0.1) is 0 Å². The van der Waals surface area contributed by atoms with E-state index in [1.807, 2.05) is 0 Å². The van der Waals surface area contributed by atoms with Gasteiger partial charge in [-0.25, -0.2) is 0 Å². The standard InChI is InChI=1S/C13H24O11/c1-12(21)10(19)5(2-14)24-13(12,4-15)22-3-6-7(16)8(17)9(18)11(20)23-6/h5-11,14-21H,2-4H2,1H3/t5?,6?,7?,8?,9?,10?,11?,12-,13?/m0/s1. The summed E-state index contributed by atoms with van der Waals surface area (Å²) in [5, 5.41) is 77.5. The molecule has 0 aliphatic carbocycles. The van der Waals surface area contributed by atoms with Gasteiger partial charge in [0.1, 0.15) is 48.8 Å². The Hall–Kier alpha value is -0.440. The van der Waals surface area contributed by atoms with Crippen molar-refractivity contribution in [1.82, 2.24) is 0 Å². The highest BCUT2D eigenvalue weighted by molar-refractivity contribution is 5.06. The maximum absolute atomic E-state index is 10.4. The van der Waals surface area contributed by atoms with E-state index in [0.717, 1.165) is 6.92 Å². The molecule has 0 bridgehead atoms. The molecule has 0 aromatic carbocycles. The molecule has 24 heavy (non-hydrogen) atoms. The van der Waals surface area contributed by atoms with Crippen molar-refractivity contribution < 1.29 is 55.1 Å². The third-order valence-corrected chi connectivity index (χ3v) is 4.60. The first-order chi connectivity index (χ1) is 11.1. The zero-order valence-electron chi connectivity index (χ0n) is 13.0. The van der Waals surface area contributed by atoms with Gasteiger partial charge in [0.05, 0.1) is 13.2 Å². The Kier molecular flexibility index (Phi) is 5.84. The van der Waals surface area contributed by atoms with Crippen molar-refractivity contribution in [2.75, 3.05) is 19.8 Å². The van der Waals surface area contributed by atoms with Gasteiger partial charge in [-0.2, -0.15) is 0 Å². The van der Waals surface area contributed by atoms with Crippen molar-refractivity contribution in [2.45, 2.75) is 61.2 Å². The summed E-state index contributed by atoms with van der Waals surface area (Å²) in [7, 11) is 0. The maximum atomic E-state index is 10.4. The van der Waals surface area contributed by atoms with Crippen molar-refractivity contribution in [2.24, 2.45) is 0 Å². The number of rotatable bonds is 5. The van der Waals surface area contributed by atoms with Crippen molar-refractivity contribution in [3.63, 3.8) is 0 Å². The van der Waals surface area contributed by atoms with Gasteiger partial charge in [0, 0.05) is 0 Å². The van der Waals surface area contributed by atoms with E-state index in [2.05, 4.69) is 0 Å². The van der Waals surface area contributed by atoms with Gasteiger partial charge in [-0.15, -0.1) is 0 Å². The fourth-order valence-electron chi connectivity index (χ4n) is 2.86. The molecule has 11 heteroatoms. The van der Waals surface area contributed by atoms with Gasteiger partial charge in [-0.1, -0.05) is 0 Å². The minimum Gasteiger partial charge on any atom is -0.394 e. The van der Waals surface area contributed by atoms with Crippen LogP contribution >= 0.6 is 0 Å². The van der Waals surface area contributed by atoms with E-state index < -0.39 is 74.1 Å². The summed E-state index contributed by atoms with van der Waals surface area (Å²) in [5.74, 6) is -2.13. The van der Waals surface area contributed by atoms with Crippen LogP contribution in [0.25, 0.3) is 0 Å². The number of hydrogen-bond donors (Lipinski definition) is 8. The van der Waals surface area contributed by atoms with E-state index in [0.29, 0.717) is 0 Å².